The van der Waals surface area contributed by atoms with Crippen molar-refractivity contribution in [3.05, 3.63) is 42.0 Å². The van der Waals surface area contributed by atoms with Crippen molar-refractivity contribution in [3.63, 3.8) is 0 Å². The van der Waals surface area contributed by atoms with E-state index in [1.807, 2.05) is 6.08 Å². The molecule has 88 valence electrons. The highest BCUT2D eigenvalue weighted by molar-refractivity contribution is 6.70. The standard InChI is InChI=1S/C14H22OSi/c1-6-13-7-9-14(10-8-13)11-16(4,5)15-12(2)3/h6-10,12H,1,11H2,2-5H3. The second kappa shape index (κ2) is 5.46. The van der Waals surface area contributed by atoms with E-state index in [4.69, 9.17) is 4.43 Å². The second-order valence-corrected chi connectivity index (χ2v) is 9.16. The quantitative estimate of drug-likeness (QED) is 0.699. The van der Waals surface area contributed by atoms with Crippen molar-refractivity contribution in [2.75, 3.05) is 0 Å². The molecule has 0 aliphatic rings. The van der Waals surface area contributed by atoms with Crippen molar-refractivity contribution >= 4 is 14.4 Å². The van der Waals surface area contributed by atoms with E-state index in [2.05, 4.69) is 57.8 Å². The third kappa shape index (κ3) is 4.33. The molecule has 1 nitrogen and oxygen atoms in total. The van der Waals surface area contributed by atoms with Crippen LogP contribution in [0.25, 0.3) is 6.08 Å². The van der Waals surface area contributed by atoms with E-state index in [9.17, 15) is 0 Å². The molecule has 0 spiro atoms. The third-order valence-corrected chi connectivity index (χ3v) is 4.77. The number of hydrogen-bond acceptors (Lipinski definition) is 1. The Hall–Kier alpha value is -0.863. The Morgan fingerprint density at radius 1 is 1.25 bits per heavy atom. The van der Waals surface area contributed by atoms with Crippen LogP contribution in [0.2, 0.25) is 13.1 Å². The van der Waals surface area contributed by atoms with E-state index >= 15 is 0 Å². The van der Waals surface area contributed by atoms with Crippen LogP contribution in [-0.4, -0.2) is 14.4 Å². The fourth-order valence-corrected chi connectivity index (χ4v) is 4.52. The molecule has 1 rings (SSSR count). The molecular weight excluding hydrogens is 212 g/mol. The van der Waals surface area contributed by atoms with E-state index < -0.39 is 8.32 Å². The van der Waals surface area contributed by atoms with Gasteiger partial charge in [-0.25, -0.2) is 0 Å². The van der Waals surface area contributed by atoms with Gasteiger partial charge < -0.3 is 4.43 Å². The van der Waals surface area contributed by atoms with Gasteiger partial charge in [-0.1, -0.05) is 36.9 Å². The summed E-state index contributed by atoms with van der Waals surface area (Å²) in [5.74, 6) is 0. The monoisotopic (exact) mass is 234 g/mol. The first kappa shape index (κ1) is 13.2. The molecule has 0 radical (unpaired) electrons. The van der Waals surface area contributed by atoms with E-state index in [0.29, 0.717) is 6.10 Å². The van der Waals surface area contributed by atoms with Crippen LogP contribution in [0.5, 0.6) is 0 Å². The van der Waals surface area contributed by atoms with E-state index in [0.717, 1.165) is 6.04 Å². The highest BCUT2D eigenvalue weighted by Crippen LogP contribution is 2.16. The Balaban J connectivity index is 2.68. The molecule has 1 aromatic carbocycles. The summed E-state index contributed by atoms with van der Waals surface area (Å²) in [7, 11) is -1.56. The lowest BCUT2D eigenvalue weighted by molar-refractivity contribution is 0.231. The molecule has 0 N–H and O–H groups in total. The Morgan fingerprint density at radius 3 is 2.25 bits per heavy atom. The first-order valence-corrected chi connectivity index (χ1v) is 8.94. The van der Waals surface area contributed by atoms with Crippen LogP contribution in [0, 0.1) is 0 Å². The lowest BCUT2D eigenvalue weighted by Crippen LogP contribution is -2.36. The summed E-state index contributed by atoms with van der Waals surface area (Å²) in [6, 6.07) is 9.65. The maximum absolute atomic E-state index is 6.02. The summed E-state index contributed by atoms with van der Waals surface area (Å²) in [6.07, 6.45) is 2.20. The first-order valence-electron chi connectivity index (χ1n) is 5.82. The van der Waals surface area contributed by atoms with Gasteiger partial charge in [0, 0.05) is 6.10 Å². The zero-order valence-electron chi connectivity index (χ0n) is 10.8. The van der Waals surface area contributed by atoms with E-state index in [1.165, 1.54) is 11.1 Å². The molecule has 0 saturated heterocycles. The van der Waals surface area contributed by atoms with Crippen molar-refractivity contribution in [2.24, 2.45) is 0 Å². The highest BCUT2D eigenvalue weighted by atomic mass is 28.4. The predicted molar refractivity (Wildman–Crippen MR) is 73.9 cm³/mol. The first-order chi connectivity index (χ1) is 7.43. The van der Waals surface area contributed by atoms with Crippen LogP contribution in [0.1, 0.15) is 25.0 Å². The molecular formula is C14H22OSi. The van der Waals surface area contributed by atoms with Crippen molar-refractivity contribution < 1.29 is 4.43 Å². The van der Waals surface area contributed by atoms with Crippen LogP contribution in [0.15, 0.2) is 30.8 Å². The van der Waals surface area contributed by atoms with Gasteiger partial charge in [-0.05, 0) is 44.1 Å². The third-order valence-electron chi connectivity index (χ3n) is 2.40. The maximum atomic E-state index is 6.02. The summed E-state index contributed by atoms with van der Waals surface area (Å²) >= 11 is 0. The van der Waals surface area contributed by atoms with Gasteiger partial charge in [-0.2, -0.15) is 0 Å². The SMILES string of the molecule is C=Cc1ccc(C[Si](C)(C)OC(C)C)cc1. The fraction of sp³-hybridized carbons (Fsp3) is 0.429. The molecule has 0 aliphatic carbocycles. The molecule has 0 heterocycles. The summed E-state index contributed by atoms with van der Waals surface area (Å²) in [6.45, 7) is 12.5. The summed E-state index contributed by atoms with van der Waals surface area (Å²) in [4.78, 5) is 0. The average Bonchev–Trinajstić information content (AvgIpc) is 2.16. The van der Waals surface area contributed by atoms with Gasteiger partial charge >= 0.3 is 0 Å². The lowest BCUT2D eigenvalue weighted by atomic mass is 10.1. The lowest BCUT2D eigenvalue weighted by Gasteiger charge is -2.25. The minimum atomic E-state index is -1.56. The van der Waals surface area contributed by atoms with Gasteiger partial charge in [0.25, 0.3) is 0 Å². The van der Waals surface area contributed by atoms with Crippen LogP contribution in [-0.2, 0) is 10.5 Å². The normalized spacial score (nSPS) is 11.8. The van der Waals surface area contributed by atoms with Gasteiger partial charge in [-0.3, -0.25) is 0 Å². The van der Waals surface area contributed by atoms with Gasteiger partial charge in [0.15, 0.2) is 8.32 Å². The topological polar surface area (TPSA) is 9.23 Å². The van der Waals surface area contributed by atoms with Gasteiger partial charge in [-0.15, -0.1) is 0 Å². The molecule has 0 atom stereocenters. The fourth-order valence-electron chi connectivity index (χ4n) is 1.94. The molecule has 2 heteroatoms. The van der Waals surface area contributed by atoms with Crippen molar-refractivity contribution in [3.8, 4) is 0 Å². The van der Waals surface area contributed by atoms with E-state index in [1.54, 1.807) is 0 Å². The summed E-state index contributed by atoms with van der Waals surface area (Å²) in [5, 5.41) is 0. The molecule has 0 bridgehead atoms. The Labute approximate surface area is 100 Å². The molecule has 16 heavy (non-hydrogen) atoms. The molecule has 0 saturated carbocycles. The second-order valence-electron chi connectivity index (χ2n) is 5.05. The Bertz CT molecular complexity index is 338. The van der Waals surface area contributed by atoms with Crippen molar-refractivity contribution in [2.45, 2.75) is 39.1 Å². The molecule has 0 aliphatic heterocycles. The summed E-state index contributed by atoms with van der Waals surface area (Å²) < 4.78 is 6.02. The zero-order valence-corrected chi connectivity index (χ0v) is 11.8. The van der Waals surface area contributed by atoms with Crippen LogP contribution in [0.4, 0.5) is 0 Å². The van der Waals surface area contributed by atoms with E-state index in [-0.39, 0.29) is 0 Å². The minimum Gasteiger partial charge on any atom is -0.415 e. The van der Waals surface area contributed by atoms with Crippen LogP contribution in [0.3, 0.4) is 0 Å². The number of rotatable bonds is 5. The molecule has 0 amide bonds. The minimum absolute atomic E-state index is 0.328. The van der Waals surface area contributed by atoms with Crippen LogP contribution >= 0.6 is 0 Å². The summed E-state index contributed by atoms with van der Waals surface area (Å²) in [5.41, 5.74) is 2.54. The average molecular weight is 234 g/mol. The smallest absolute Gasteiger partial charge is 0.191 e. The predicted octanol–water partition coefficient (Wildman–Crippen LogP) is 4.04. The van der Waals surface area contributed by atoms with Gasteiger partial charge in [0.05, 0.1) is 0 Å². The Kier molecular flexibility index (Phi) is 4.51. The molecule has 0 fully saturated rings. The zero-order chi connectivity index (χ0) is 12.2. The highest BCUT2D eigenvalue weighted by Gasteiger charge is 2.24. The van der Waals surface area contributed by atoms with Gasteiger partial charge in [0.1, 0.15) is 0 Å². The van der Waals surface area contributed by atoms with Crippen molar-refractivity contribution in [1.82, 2.24) is 0 Å². The maximum Gasteiger partial charge on any atom is 0.191 e. The number of benzene rings is 1. The molecule has 0 aromatic heterocycles. The largest absolute Gasteiger partial charge is 0.415 e. The molecule has 1 aromatic rings. The van der Waals surface area contributed by atoms with Gasteiger partial charge in [0.2, 0.25) is 0 Å². The Morgan fingerprint density at radius 2 is 1.81 bits per heavy atom. The molecule has 0 unspecified atom stereocenters. The van der Waals surface area contributed by atoms with Crippen molar-refractivity contribution in [1.29, 1.82) is 0 Å². The number of hydrogen-bond donors (Lipinski definition) is 0. The van der Waals surface area contributed by atoms with Crippen LogP contribution < -0.4 is 0 Å².